The fourth-order valence-electron chi connectivity index (χ4n) is 0.583. The number of ether oxygens (including phenoxy) is 1. The molecular weight excluding hydrogens is 208 g/mol. The van der Waals surface area contributed by atoms with Gasteiger partial charge >= 0.3 is 11.9 Å². The summed E-state index contributed by atoms with van der Waals surface area (Å²) >= 11 is 9.04. The number of esters is 2. The minimum Gasteiger partial charge on any atom is -0.393 e. The Kier molecular flexibility index (Phi) is 7.53. The van der Waals surface area contributed by atoms with Crippen LogP contribution in [0.2, 0.25) is 0 Å². The smallest absolute Gasteiger partial charge is 0.313 e. The Morgan fingerprint density at radius 2 is 1.38 bits per heavy atom. The molecule has 0 saturated carbocycles. The van der Waals surface area contributed by atoms with Crippen molar-refractivity contribution in [1.82, 2.24) is 0 Å². The van der Waals surface area contributed by atoms with Gasteiger partial charge in [0.1, 0.15) is 0 Å². The van der Waals surface area contributed by atoms with Crippen LogP contribution in [0, 0.1) is 0 Å². The summed E-state index contributed by atoms with van der Waals surface area (Å²) in [5, 5.41) is 2.87. The van der Waals surface area contributed by atoms with Crippen LogP contribution in [0.3, 0.4) is 0 Å². The van der Waals surface area contributed by atoms with E-state index in [2.05, 4.69) is 29.2 Å². The standard InChI is InChI=1S/C8H10O3S2/c9-7(3-1-5-12)11-8(10)4-2-6-13/h5-6H,1-4H2. The van der Waals surface area contributed by atoms with Gasteiger partial charge in [-0.05, 0) is 23.6 Å². The van der Waals surface area contributed by atoms with Gasteiger partial charge in [-0.3, -0.25) is 9.59 Å². The Balaban J connectivity index is 3.58. The summed E-state index contributed by atoms with van der Waals surface area (Å²) in [6.07, 6.45) is 1.23. The van der Waals surface area contributed by atoms with Gasteiger partial charge in [-0.1, -0.05) is 24.4 Å². The Labute approximate surface area is 87.4 Å². The lowest BCUT2D eigenvalue weighted by atomic mass is 10.3. The number of carbonyl (C=O) groups excluding carboxylic acids is 2. The van der Waals surface area contributed by atoms with Crippen LogP contribution >= 0.6 is 24.4 Å². The molecule has 0 aromatic heterocycles. The van der Waals surface area contributed by atoms with Gasteiger partial charge in [0, 0.05) is 0 Å². The van der Waals surface area contributed by atoms with Gasteiger partial charge in [0.25, 0.3) is 0 Å². The molecule has 13 heavy (non-hydrogen) atoms. The summed E-state index contributed by atoms with van der Waals surface area (Å²) in [6, 6.07) is 0. The molecule has 0 aromatic rings. The van der Waals surface area contributed by atoms with Gasteiger partial charge in [0.15, 0.2) is 0 Å². The van der Waals surface area contributed by atoms with Crippen molar-refractivity contribution >= 4 is 47.1 Å². The Bertz CT molecular complexity index is 191. The third-order valence-corrected chi connectivity index (χ3v) is 1.63. The highest BCUT2D eigenvalue weighted by atomic mass is 32.1. The van der Waals surface area contributed by atoms with E-state index in [4.69, 9.17) is 0 Å². The molecule has 0 radical (unpaired) electrons. The summed E-state index contributed by atoms with van der Waals surface area (Å²) in [5.74, 6) is -1.06. The van der Waals surface area contributed by atoms with E-state index in [1.807, 2.05) is 0 Å². The maximum absolute atomic E-state index is 10.8. The highest BCUT2D eigenvalue weighted by molar-refractivity contribution is 7.79. The van der Waals surface area contributed by atoms with E-state index < -0.39 is 11.9 Å². The van der Waals surface area contributed by atoms with Crippen molar-refractivity contribution in [3.63, 3.8) is 0 Å². The molecule has 0 heterocycles. The van der Waals surface area contributed by atoms with Crippen LogP contribution in [0.15, 0.2) is 0 Å². The quantitative estimate of drug-likeness (QED) is 0.385. The van der Waals surface area contributed by atoms with E-state index in [9.17, 15) is 9.59 Å². The molecule has 0 aliphatic rings. The average molecular weight is 218 g/mol. The van der Waals surface area contributed by atoms with Crippen molar-refractivity contribution in [2.24, 2.45) is 0 Å². The first-order valence-corrected chi connectivity index (χ1v) is 4.75. The van der Waals surface area contributed by atoms with Crippen LogP contribution in [0.25, 0.3) is 0 Å². The molecule has 0 rings (SSSR count). The highest BCUT2D eigenvalue weighted by Crippen LogP contribution is 1.95. The fourth-order valence-corrected chi connectivity index (χ4v) is 0.818. The van der Waals surface area contributed by atoms with Crippen molar-refractivity contribution < 1.29 is 14.3 Å². The maximum Gasteiger partial charge on any atom is 0.313 e. The fraction of sp³-hybridized carbons (Fsp3) is 0.500. The topological polar surface area (TPSA) is 43.4 Å². The minimum absolute atomic E-state index is 0.160. The summed E-state index contributed by atoms with van der Waals surface area (Å²) < 4.78 is 4.44. The van der Waals surface area contributed by atoms with Gasteiger partial charge in [0.05, 0.1) is 12.8 Å². The molecular formula is C8H10O3S2. The molecule has 0 aliphatic carbocycles. The van der Waals surface area contributed by atoms with E-state index in [1.54, 1.807) is 0 Å². The van der Waals surface area contributed by atoms with Crippen LogP contribution in [0.1, 0.15) is 25.7 Å². The van der Waals surface area contributed by atoms with Gasteiger partial charge < -0.3 is 4.74 Å². The second-order valence-electron chi connectivity index (χ2n) is 2.26. The molecule has 0 atom stereocenters. The monoisotopic (exact) mass is 218 g/mol. The van der Waals surface area contributed by atoms with Crippen LogP contribution in [0.4, 0.5) is 0 Å². The first-order valence-electron chi connectivity index (χ1n) is 3.81. The zero-order valence-electron chi connectivity index (χ0n) is 7.02. The third kappa shape index (κ3) is 7.67. The van der Waals surface area contributed by atoms with Gasteiger partial charge in [-0.2, -0.15) is 0 Å². The summed E-state index contributed by atoms with van der Waals surface area (Å²) in [5.41, 5.74) is 0. The molecule has 0 aliphatic heterocycles. The summed E-state index contributed by atoms with van der Waals surface area (Å²) in [7, 11) is 0. The number of carbonyl (C=O) groups is 2. The number of hydrogen-bond donors (Lipinski definition) is 0. The molecule has 5 heteroatoms. The maximum atomic E-state index is 10.8. The zero-order valence-corrected chi connectivity index (χ0v) is 8.66. The predicted molar refractivity (Wildman–Crippen MR) is 56.9 cm³/mol. The van der Waals surface area contributed by atoms with E-state index in [0.717, 1.165) is 0 Å². The molecule has 0 fully saturated rings. The number of thiocarbonyl (C=S) groups is 2. The van der Waals surface area contributed by atoms with Crippen LogP contribution in [-0.4, -0.2) is 22.7 Å². The van der Waals surface area contributed by atoms with E-state index in [-0.39, 0.29) is 12.8 Å². The molecule has 0 unspecified atom stereocenters. The Morgan fingerprint density at radius 3 is 1.69 bits per heavy atom. The van der Waals surface area contributed by atoms with Crippen molar-refractivity contribution in [3.05, 3.63) is 0 Å². The molecule has 3 nitrogen and oxygen atoms in total. The minimum atomic E-state index is -0.532. The first kappa shape index (κ1) is 12.3. The summed E-state index contributed by atoms with van der Waals surface area (Å²) in [6.45, 7) is 0. The SMILES string of the molecule is O=C(CCC=S)OC(=O)CCC=S. The van der Waals surface area contributed by atoms with Crippen LogP contribution < -0.4 is 0 Å². The summed E-state index contributed by atoms with van der Waals surface area (Å²) in [4.78, 5) is 21.7. The Hall–Kier alpha value is -0.680. The van der Waals surface area contributed by atoms with Crippen LogP contribution in [0.5, 0.6) is 0 Å². The average Bonchev–Trinajstić information content (AvgIpc) is 2.11. The Morgan fingerprint density at radius 1 is 1.00 bits per heavy atom. The number of rotatable bonds is 6. The molecule has 0 bridgehead atoms. The molecule has 0 amide bonds. The molecule has 0 aromatic carbocycles. The van der Waals surface area contributed by atoms with Gasteiger partial charge in [0.2, 0.25) is 0 Å². The van der Waals surface area contributed by atoms with Crippen LogP contribution in [-0.2, 0) is 14.3 Å². The highest BCUT2D eigenvalue weighted by Gasteiger charge is 2.08. The second-order valence-corrected chi connectivity index (χ2v) is 2.92. The normalized spacial score (nSPS) is 8.92. The third-order valence-electron chi connectivity index (χ3n) is 1.16. The van der Waals surface area contributed by atoms with Crippen molar-refractivity contribution in [2.75, 3.05) is 0 Å². The second kappa shape index (κ2) is 7.94. The lowest BCUT2D eigenvalue weighted by molar-refractivity contribution is -0.159. The van der Waals surface area contributed by atoms with E-state index in [1.165, 1.54) is 10.7 Å². The van der Waals surface area contributed by atoms with Crippen molar-refractivity contribution in [2.45, 2.75) is 25.7 Å². The number of hydrogen-bond acceptors (Lipinski definition) is 5. The zero-order chi connectivity index (χ0) is 10.1. The molecule has 0 spiro atoms. The molecule has 0 saturated heterocycles. The van der Waals surface area contributed by atoms with E-state index in [0.29, 0.717) is 12.8 Å². The van der Waals surface area contributed by atoms with E-state index >= 15 is 0 Å². The largest absolute Gasteiger partial charge is 0.393 e. The van der Waals surface area contributed by atoms with Gasteiger partial charge in [-0.25, -0.2) is 0 Å². The predicted octanol–water partition coefficient (Wildman–Crippen LogP) is 1.62. The lowest BCUT2D eigenvalue weighted by Gasteiger charge is -1.99. The lowest BCUT2D eigenvalue weighted by Crippen LogP contribution is -2.11. The first-order chi connectivity index (χ1) is 6.20. The molecule has 72 valence electrons. The molecule has 0 N–H and O–H groups in total. The van der Waals surface area contributed by atoms with Crippen molar-refractivity contribution in [3.8, 4) is 0 Å². The van der Waals surface area contributed by atoms with Crippen molar-refractivity contribution in [1.29, 1.82) is 0 Å². The van der Waals surface area contributed by atoms with Gasteiger partial charge in [-0.15, -0.1) is 0 Å².